The molecule has 1 N–H and O–H groups in total. The van der Waals surface area contributed by atoms with E-state index in [1.165, 1.54) is 12.2 Å². The highest BCUT2D eigenvalue weighted by molar-refractivity contribution is 5.87. The van der Waals surface area contributed by atoms with Gasteiger partial charge in [-0.05, 0) is 0 Å². The quantitative estimate of drug-likeness (QED) is 0.120. The van der Waals surface area contributed by atoms with Gasteiger partial charge < -0.3 is 9.94 Å². The lowest BCUT2D eigenvalue weighted by Crippen LogP contribution is -1.96. The van der Waals surface area contributed by atoms with Crippen molar-refractivity contribution in [3.8, 4) is 0 Å². The first-order valence-corrected chi connectivity index (χ1v) is 2.47. The minimum atomic E-state index is -0.613. The number of esters is 1. The molecule has 0 atom stereocenters. The second-order valence-corrected chi connectivity index (χ2v) is 1.25. The van der Waals surface area contributed by atoms with Crippen LogP contribution in [0.5, 0.6) is 0 Å². The van der Waals surface area contributed by atoms with Crippen molar-refractivity contribution < 1.29 is 14.7 Å². The second kappa shape index (κ2) is 5.55. The van der Waals surface area contributed by atoms with E-state index >= 15 is 0 Å². The molecular weight excluding hydrogens is 134 g/mol. The number of carbonyl (C=O) groups excluding carboxylic acids is 1. The molecule has 0 spiro atoms. The van der Waals surface area contributed by atoms with Crippen LogP contribution in [-0.2, 0) is 9.53 Å². The molecule has 0 saturated heterocycles. The standard InChI is InChI=1S/C6H7NO3/c1-2-3-4-6(8)10-5-7-9/h2-5,9H,1H2/b4-3+,7-5+. The van der Waals surface area contributed by atoms with E-state index in [4.69, 9.17) is 5.21 Å². The Morgan fingerprint density at radius 2 is 2.40 bits per heavy atom. The van der Waals surface area contributed by atoms with Crippen molar-refractivity contribution in [3.05, 3.63) is 24.8 Å². The zero-order valence-corrected chi connectivity index (χ0v) is 5.23. The van der Waals surface area contributed by atoms with Crippen LogP contribution in [0.25, 0.3) is 0 Å². The Hall–Kier alpha value is -1.58. The largest absolute Gasteiger partial charge is 0.408 e. The maximum absolute atomic E-state index is 10.4. The number of ether oxygens (including phenoxy) is 1. The molecule has 0 aliphatic carbocycles. The van der Waals surface area contributed by atoms with Gasteiger partial charge in [-0.25, -0.2) is 4.79 Å². The van der Waals surface area contributed by atoms with E-state index in [9.17, 15) is 4.79 Å². The predicted octanol–water partition coefficient (Wildman–Crippen LogP) is 0.689. The summed E-state index contributed by atoms with van der Waals surface area (Å²) in [6, 6.07) is 0. The SMILES string of the molecule is C=C/C=C/C(=O)O/C=N/O. The predicted molar refractivity (Wildman–Crippen MR) is 35.7 cm³/mol. The summed E-state index contributed by atoms with van der Waals surface area (Å²) < 4.78 is 4.18. The molecule has 0 rings (SSSR count). The van der Waals surface area contributed by atoms with Crippen molar-refractivity contribution in [1.82, 2.24) is 0 Å². The fourth-order valence-electron chi connectivity index (χ4n) is 0.261. The molecule has 0 bridgehead atoms. The molecule has 4 heteroatoms. The summed E-state index contributed by atoms with van der Waals surface area (Å²) in [4.78, 5) is 10.4. The van der Waals surface area contributed by atoms with Crippen LogP contribution in [0.3, 0.4) is 0 Å². The normalized spacial score (nSPS) is 10.4. The first kappa shape index (κ1) is 8.42. The lowest BCUT2D eigenvalue weighted by molar-refractivity contribution is -0.129. The van der Waals surface area contributed by atoms with Gasteiger partial charge in [-0.2, -0.15) is 0 Å². The zero-order valence-electron chi connectivity index (χ0n) is 5.23. The minimum absolute atomic E-state index is 0.613. The summed E-state index contributed by atoms with van der Waals surface area (Å²) in [7, 11) is 0. The summed E-state index contributed by atoms with van der Waals surface area (Å²) >= 11 is 0. The van der Waals surface area contributed by atoms with Gasteiger partial charge in [-0.15, -0.1) is 0 Å². The van der Waals surface area contributed by atoms with E-state index in [0.717, 1.165) is 6.08 Å². The van der Waals surface area contributed by atoms with Crippen LogP contribution in [0.15, 0.2) is 30.0 Å². The Balaban J connectivity index is 3.63. The molecule has 0 aromatic heterocycles. The number of nitrogens with zero attached hydrogens (tertiary/aromatic N) is 1. The highest BCUT2D eigenvalue weighted by Gasteiger charge is 1.89. The van der Waals surface area contributed by atoms with Crippen LogP contribution in [0.4, 0.5) is 0 Å². The van der Waals surface area contributed by atoms with Gasteiger partial charge in [-0.3, -0.25) is 0 Å². The van der Waals surface area contributed by atoms with Crippen molar-refractivity contribution in [2.24, 2.45) is 5.16 Å². The molecule has 0 unspecified atom stereocenters. The molecule has 54 valence electrons. The average molecular weight is 141 g/mol. The molecule has 0 heterocycles. The molecular formula is C6H7NO3. The van der Waals surface area contributed by atoms with Gasteiger partial charge in [0.25, 0.3) is 0 Å². The Bertz CT molecular complexity index is 172. The number of allylic oxidation sites excluding steroid dienone is 2. The van der Waals surface area contributed by atoms with Gasteiger partial charge in [0.1, 0.15) is 0 Å². The summed E-state index contributed by atoms with van der Waals surface area (Å²) in [6.07, 6.45) is 4.62. The van der Waals surface area contributed by atoms with Crippen molar-refractivity contribution in [1.29, 1.82) is 0 Å². The van der Waals surface area contributed by atoms with Gasteiger partial charge in [0.05, 0.1) is 0 Å². The average Bonchev–Trinajstić information content (AvgIpc) is 1.97. The monoisotopic (exact) mass is 141 g/mol. The maximum atomic E-state index is 10.4. The van der Waals surface area contributed by atoms with Crippen molar-refractivity contribution in [2.75, 3.05) is 0 Å². The highest BCUT2D eigenvalue weighted by atomic mass is 16.6. The summed E-state index contributed by atoms with van der Waals surface area (Å²) in [5.74, 6) is -0.613. The van der Waals surface area contributed by atoms with E-state index in [2.05, 4.69) is 16.5 Å². The van der Waals surface area contributed by atoms with Crippen molar-refractivity contribution in [2.45, 2.75) is 0 Å². The maximum Gasteiger partial charge on any atom is 0.337 e. The number of hydrogen-bond donors (Lipinski definition) is 1. The molecule has 0 aliphatic heterocycles. The number of hydrogen-bond acceptors (Lipinski definition) is 4. The van der Waals surface area contributed by atoms with Gasteiger partial charge >= 0.3 is 5.97 Å². The fraction of sp³-hybridized carbons (Fsp3) is 0. The first-order valence-electron chi connectivity index (χ1n) is 2.47. The lowest BCUT2D eigenvalue weighted by atomic mass is 10.5. The van der Waals surface area contributed by atoms with E-state index < -0.39 is 5.97 Å². The highest BCUT2D eigenvalue weighted by Crippen LogP contribution is 1.78. The molecule has 0 aliphatic rings. The second-order valence-electron chi connectivity index (χ2n) is 1.25. The van der Waals surface area contributed by atoms with E-state index in [0.29, 0.717) is 6.40 Å². The molecule has 0 aromatic rings. The molecule has 4 nitrogen and oxygen atoms in total. The van der Waals surface area contributed by atoms with Gasteiger partial charge in [0.2, 0.25) is 6.40 Å². The zero-order chi connectivity index (χ0) is 7.82. The molecule has 0 aromatic carbocycles. The van der Waals surface area contributed by atoms with Gasteiger partial charge in [0.15, 0.2) is 0 Å². The molecule has 10 heavy (non-hydrogen) atoms. The van der Waals surface area contributed by atoms with Gasteiger partial charge in [0, 0.05) is 6.08 Å². The van der Waals surface area contributed by atoms with Crippen LogP contribution in [-0.4, -0.2) is 17.6 Å². The smallest absolute Gasteiger partial charge is 0.337 e. The summed E-state index contributed by atoms with van der Waals surface area (Å²) in [5.41, 5.74) is 0. The number of oxime groups is 1. The first-order chi connectivity index (χ1) is 4.81. The van der Waals surface area contributed by atoms with E-state index in [1.807, 2.05) is 0 Å². The lowest BCUT2D eigenvalue weighted by Gasteiger charge is -1.86. The van der Waals surface area contributed by atoms with Crippen LogP contribution in [0, 0.1) is 0 Å². The van der Waals surface area contributed by atoms with E-state index in [1.54, 1.807) is 0 Å². The Morgan fingerprint density at radius 3 is 2.90 bits per heavy atom. The van der Waals surface area contributed by atoms with Gasteiger partial charge in [-0.1, -0.05) is 23.9 Å². The summed E-state index contributed by atoms with van der Waals surface area (Å²) in [5, 5.41) is 10.2. The molecule has 0 radical (unpaired) electrons. The Labute approximate surface area is 58.1 Å². The van der Waals surface area contributed by atoms with Crippen LogP contribution in [0.2, 0.25) is 0 Å². The van der Waals surface area contributed by atoms with Crippen LogP contribution in [0.1, 0.15) is 0 Å². The Morgan fingerprint density at radius 1 is 1.70 bits per heavy atom. The number of rotatable bonds is 3. The minimum Gasteiger partial charge on any atom is -0.408 e. The third kappa shape index (κ3) is 4.58. The topological polar surface area (TPSA) is 58.9 Å². The number of carbonyl (C=O) groups is 1. The molecule has 0 fully saturated rings. The third-order valence-corrected chi connectivity index (χ3v) is 0.584. The van der Waals surface area contributed by atoms with Crippen molar-refractivity contribution in [3.63, 3.8) is 0 Å². The molecule has 0 saturated carbocycles. The third-order valence-electron chi connectivity index (χ3n) is 0.584. The van der Waals surface area contributed by atoms with E-state index in [-0.39, 0.29) is 0 Å². The summed E-state index contributed by atoms with van der Waals surface area (Å²) in [6.45, 7) is 3.34. The van der Waals surface area contributed by atoms with Crippen LogP contribution < -0.4 is 0 Å². The van der Waals surface area contributed by atoms with Crippen molar-refractivity contribution >= 4 is 12.4 Å². The van der Waals surface area contributed by atoms with Crippen LogP contribution >= 0.6 is 0 Å². The fourth-order valence-corrected chi connectivity index (χ4v) is 0.261. The Kier molecular flexibility index (Phi) is 4.68. The molecule has 0 amide bonds.